The monoisotopic (exact) mass is 290 g/mol. The van der Waals surface area contributed by atoms with Gasteiger partial charge in [0, 0.05) is 11.1 Å². The van der Waals surface area contributed by atoms with Crippen LogP contribution in [0.5, 0.6) is 5.75 Å². The standard InChI is InChI=1S/C11H12BrClO2/c12-8-3-4-11(10(13)6-8)15-7-9-2-1-5-14-9/h3-4,6,9H,1-2,5,7H2. The largest absolute Gasteiger partial charge is 0.489 e. The molecule has 1 saturated heterocycles. The van der Waals surface area contributed by atoms with E-state index in [1.807, 2.05) is 18.2 Å². The zero-order chi connectivity index (χ0) is 10.7. The molecule has 0 N–H and O–H groups in total. The Labute approximate surface area is 103 Å². The topological polar surface area (TPSA) is 18.5 Å². The van der Waals surface area contributed by atoms with Crippen molar-refractivity contribution >= 4 is 27.5 Å². The fourth-order valence-corrected chi connectivity index (χ4v) is 2.28. The molecule has 1 unspecified atom stereocenters. The Morgan fingerprint density at radius 3 is 3.07 bits per heavy atom. The zero-order valence-corrected chi connectivity index (χ0v) is 10.6. The normalized spacial score (nSPS) is 20.5. The molecule has 1 atom stereocenters. The van der Waals surface area contributed by atoms with Crippen LogP contribution in [0.2, 0.25) is 5.02 Å². The van der Waals surface area contributed by atoms with Crippen LogP contribution in [0, 0.1) is 0 Å². The molecule has 0 aromatic heterocycles. The van der Waals surface area contributed by atoms with E-state index in [2.05, 4.69) is 15.9 Å². The van der Waals surface area contributed by atoms with E-state index >= 15 is 0 Å². The highest BCUT2D eigenvalue weighted by Crippen LogP contribution is 2.28. The van der Waals surface area contributed by atoms with E-state index in [1.54, 1.807) is 0 Å². The first-order chi connectivity index (χ1) is 7.25. The third kappa shape index (κ3) is 3.10. The maximum atomic E-state index is 6.02. The van der Waals surface area contributed by atoms with Crippen LogP contribution in [0.15, 0.2) is 22.7 Å². The average Bonchev–Trinajstić information content (AvgIpc) is 2.69. The van der Waals surface area contributed by atoms with Crippen LogP contribution in [0.25, 0.3) is 0 Å². The van der Waals surface area contributed by atoms with Gasteiger partial charge < -0.3 is 9.47 Å². The van der Waals surface area contributed by atoms with Gasteiger partial charge in [0.1, 0.15) is 12.4 Å². The van der Waals surface area contributed by atoms with E-state index in [4.69, 9.17) is 21.1 Å². The lowest BCUT2D eigenvalue weighted by Gasteiger charge is -2.12. The van der Waals surface area contributed by atoms with E-state index in [0.717, 1.165) is 29.7 Å². The molecule has 1 aliphatic rings. The Bertz CT molecular complexity index is 337. The Morgan fingerprint density at radius 1 is 1.53 bits per heavy atom. The SMILES string of the molecule is Clc1cc(Br)ccc1OCC1CCCO1. The molecule has 1 aromatic carbocycles. The van der Waals surface area contributed by atoms with Gasteiger partial charge in [0.05, 0.1) is 11.1 Å². The van der Waals surface area contributed by atoms with Crippen LogP contribution in [0.3, 0.4) is 0 Å². The van der Waals surface area contributed by atoms with Crippen LogP contribution in [-0.4, -0.2) is 19.3 Å². The fourth-order valence-electron chi connectivity index (χ4n) is 1.55. The van der Waals surface area contributed by atoms with Crippen molar-refractivity contribution in [1.82, 2.24) is 0 Å². The van der Waals surface area contributed by atoms with E-state index in [1.165, 1.54) is 0 Å². The summed E-state index contributed by atoms with van der Waals surface area (Å²) in [6.07, 6.45) is 2.43. The highest BCUT2D eigenvalue weighted by Gasteiger charge is 2.16. The summed E-state index contributed by atoms with van der Waals surface area (Å²) in [6, 6.07) is 5.60. The quantitative estimate of drug-likeness (QED) is 0.846. The van der Waals surface area contributed by atoms with E-state index in [9.17, 15) is 0 Å². The maximum absolute atomic E-state index is 6.02. The minimum atomic E-state index is 0.227. The lowest BCUT2D eigenvalue weighted by atomic mass is 10.2. The molecular formula is C11H12BrClO2. The molecule has 1 aromatic rings. The lowest BCUT2D eigenvalue weighted by molar-refractivity contribution is 0.0680. The lowest BCUT2D eigenvalue weighted by Crippen LogP contribution is -2.16. The van der Waals surface area contributed by atoms with Crippen molar-refractivity contribution in [3.63, 3.8) is 0 Å². The first kappa shape index (κ1) is 11.2. The second-order valence-electron chi connectivity index (χ2n) is 3.52. The molecule has 0 amide bonds. The van der Waals surface area contributed by atoms with Crippen LogP contribution >= 0.6 is 27.5 Å². The van der Waals surface area contributed by atoms with Crippen LogP contribution in [-0.2, 0) is 4.74 Å². The molecule has 2 nitrogen and oxygen atoms in total. The Hall–Kier alpha value is -0.250. The minimum Gasteiger partial charge on any atom is -0.489 e. The molecule has 0 spiro atoms. The molecular weight excluding hydrogens is 279 g/mol. The smallest absolute Gasteiger partial charge is 0.138 e. The number of hydrogen-bond acceptors (Lipinski definition) is 2. The van der Waals surface area contributed by atoms with Crippen molar-refractivity contribution in [3.05, 3.63) is 27.7 Å². The zero-order valence-electron chi connectivity index (χ0n) is 8.21. The van der Waals surface area contributed by atoms with Crippen molar-refractivity contribution in [2.45, 2.75) is 18.9 Å². The van der Waals surface area contributed by atoms with Gasteiger partial charge in [-0.05, 0) is 31.0 Å². The molecule has 15 heavy (non-hydrogen) atoms. The highest BCUT2D eigenvalue weighted by atomic mass is 79.9. The third-order valence-corrected chi connectivity index (χ3v) is 3.13. The van der Waals surface area contributed by atoms with Crippen molar-refractivity contribution < 1.29 is 9.47 Å². The molecule has 0 saturated carbocycles. The van der Waals surface area contributed by atoms with Crippen molar-refractivity contribution in [3.8, 4) is 5.75 Å². The second kappa shape index (κ2) is 5.19. The van der Waals surface area contributed by atoms with Crippen LogP contribution < -0.4 is 4.74 Å². The van der Waals surface area contributed by atoms with Gasteiger partial charge in [-0.25, -0.2) is 0 Å². The molecule has 1 aliphatic heterocycles. The average molecular weight is 292 g/mol. The Kier molecular flexibility index (Phi) is 3.89. The maximum Gasteiger partial charge on any atom is 0.138 e. The Balaban J connectivity index is 1.92. The fraction of sp³-hybridized carbons (Fsp3) is 0.455. The van der Waals surface area contributed by atoms with Crippen molar-refractivity contribution in [1.29, 1.82) is 0 Å². The molecule has 1 fully saturated rings. The summed E-state index contributed by atoms with van der Waals surface area (Å²) >= 11 is 9.37. The van der Waals surface area contributed by atoms with E-state index < -0.39 is 0 Å². The van der Waals surface area contributed by atoms with Gasteiger partial charge in [0.25, 0.3) is 0 Å². The molecule has 0 radical (unpaired) electrons. The van der Waals surface area contributed by atoms with E-state index in [0.29, 0.717) is 11.6 Å². The number of ether oxygens (including phenoxy) is 2. The number of halogens is 2. The van der Waals surface area contributed by atoms with Crippen molar-refractivity contribution in [2.75, 3.05) is 13.2 Å². The van der Waals surface area contributed by atoms with Gasteiger partial charge in [-0.3, -0.25) is 0 Å². The summed E-state index contributed by atoms with van der Waals surface area (Å²) in [5.74, 6) is 0.718. The molecule has 82 valence electrons. The molecule has 0 aliphatic carbocycles. The first-order valence-electron chi connectivity index (χ1n) is 4.95. The van der Waals surface area contributed by atoms with Gasteiger partial charge in [-0.2, -0.15) is 0 Å². The summed E-state index contributed by atoms with van der Waals surface area (Å²) < 4.78 is 12.0. The van der Waals surface area contributed by atoms with Gasteiger partial charge in [0.2, 0.25) is 0 Å². The molecule has 0 bridgehead atoms. The second-order valence-corrected chi connectivity index (χ2v) is 4.84. The third-order valence-electron chi connectivity index (χ3n) is 2.34. The van der Waals surface area contributed by atoms with Crippen LogP contribution in [0.4, 0.5) is 0 Å². The van der Waals surface area contributed by atoms with Crippen molar-refractivity contribution in [2.24, 2.45) is 0 Å². The Morgan fingerprint density at radius 2 is 2.40 bits per heavy atom. The summed E-state index contributed by atoms with van der Waals surface area (Å²) in [7, 11) is 0. The summed E-state index contributed by atoms with van der Waals surface area (Å²) in [5.41, 5.74) is 0. The minimum absolute atomic E-state index is 0.227. The summed E-state index contributed by atoms with van der Waals surface area (Å²) in [6.45, 7) is 1.43. The number of hydrogen-bond donors (Lipinski definition) is 0. The molecule has 1 heterocycles. The van der Waals surface area contributed by atoms with E-state index in [-0.39, 0.29) is 6.10 Å². The predicted octanol–water partition coefficient (Wildman–Crippen LogP) is 3.66. The van der Waals surface area contributed by atoms with Gasteiger partial charge in [0.15, 0.2) is 0 Å². The molecule has 2 rings (SSSR count). The number of rotatable bonds is 3. The first-order valence-corrected chi connectivity index (χ1v) is 6.12. The van der Waals surface area contributed by atoms with Gasteiger partial charge >= 0.3 is 0 Å². The van der Waals surface area contributed by atoms with Gasteiger partial charge in [-0.1, -0.05) is 27.5 Å². The summed E-state index contributed by atoms with van der Waals surface area (Å²) in [5, 5.41) is 0.627. The number of benzene rings is 1. The van der Waals surface area contributed by atoms with Gasteiger partial charge in [-0.15, -0.1) is 0 Å². The highest BCUT2D eigenvalue weighted by molar-refractivity contribution is 9.10. The predicted molar refractivity (Wildman–Crippen MR) is 63.6 cm³/mol. The summed E-state index contributed by atoms with van der Waals surface area (Å²) in [4.78, 5) is 0. The molecule has 4 heteroatoms. The van der Waals surface area contributed by atoms with Crippen LogP contribution in [0.1, 0.15) is 12.8 Å².